The van der Waals surface area contributed by atoms with E-state index in [9.17, 15) is 20.1 Å². The largest absolute Gasteiger partial charge is 0.423 e. The van der Waals surface area contributed by atoms with Gasteiger partial charge in [0, 0.05) is 43.1 Å². The highest BCUT2D eigenvalue weighted by atomic mass is 16.5. The molecule has 3 atom stereocenters. The van der Waals surface area contributed by atoms with Gasteiger partial charge in [-0.15, -0.1) is 0 Å². The number of hydrogen-bond acceptors (Lipinski definition) is 5. The summed E-state index contributed by atoms with van der Waals surface area (Å²) in [5, 5.41) is 28.4. The first-order valence-electron chi connectivity index (χ1n) is 9.19. The molecule has 0 fully saturated rings. The van der Waals surface area contributed by atoms with Crippen molar-refractivity contribution in [3.05, 3.63) is 64.7 Å². The number of benzene rings is 2. The second kappa shape index (κ2) is 9.65. The fraction of sp³-hybridized carbons (Fsp3) is 0.409. The van der Waals surface area contributed by atoms with E-state index in [2.05, 4.69) is 0 Å². The SMILES string of the molecule is CC(CO)c1cc(C(=O)Oc2ccccc2C(C)CO)cc(C(C)CO)c1. The third-order valence-corrected chi connectivity index (χ3v) is 4.83. The van der Waals surface area contributed by atoms with Crippen LogP contribution in [0.4, 0.5) is 0 Å². The van der Waals surface area contributed by atoms with Crippen LogP contribution in [-0.2, 0) is 0 Å². The van der Waals surface area contributed by atoms with Gasteiger partial charge in [0.2, 0.25) is 0 Å². The van der Waals surface area contributed by atoms with E-state index in [4.69, 9.17) is 4.74 Å². The van der Waals surface area contributed by atoms with Gasteiger partial charge in [0.15, 0.2) is 0 Å². The van der Waals surface area contributed by atoms with E-state index in [1.807, 2.05) is 39.0 Å². The van der Waals surface area contributed by atoms with Gasteiger partial charge < -0.3 is 20.1 Å². The number of hydrogen-bond donors (Lipinski definition) is 3. The summed E-state index contributed by atoms with van der Waals surface area (Å²) in [6.45, 7) is 5.48. The normalized spacial score (nSPS) is 14.4. The second-order valence-corrected chi connectivity index (χ2v) is 7.07. The second-order valence-electron chi connectivity index (χ2n) is 7.07. The van der Waals surface area contributed by atoms with Gasteiger partial charge in [-0.1, -0.05) is 45.0 Å². The van der Waals surface area contributed by atoms with Crippen LogP contribution in [0.2, 0.25) is 0 Å². The Labute approximate surface area is 160 Å². The van der Waals surface area contributed by atoms with Crippen LogP contribution in [0.15, 0.2) is 42.5 Å². The highest BCUT2D eigenvalue weighted by molar-refractivity contribution is 5.91. The Morgan fingerprint density at radius 3 is 1.89 bits per heavy atom. The van der Waals surface area contributed by atoms with Crippen LogP contribution in [0.1, 0.15) is 65.6 Å². The van der Waals surface area contributed by atoms with Gasteiger partial charge in [-0.2, -0.15) is 0 Å². The van der Waals surface area contributed by atoms with Crippen LogP contribution in [0.3, 0.4) is 0 Å². The zero-order valence-corrected chi connectivity index (χ0v) is 16.1. The molecule has 3 N–H and O–H groups in total. The van der Waals surface area contributed by atoms with E-state index in [-0.39, 0.29) is 37.6 Å². The van der Waals surface area contributed by atoms with Crippen LogP contribution < -0.4 is 4.74 Å². The summed E-state index contributed by atoms with van der Waals surface area (Å²) in [5.41, 5.74) is 2.77. The molecular formula is C22H28O5. The molecule has 0 heterocycles. The third kappa shape index (κ3) is 5.16. The molecule has 0 saturated carbocycles. The van der Waals surface area contributed by atoms with Crippen molar-refractivity contribution in [2.24, 2.45) is 0 Å². The molecule has 0 amide bonds. The number of ether oxygens (including phenoxy) is 1. The maximum atomic E-state index is 12.8. The van der Waals surface area contributed by atoms with Crippen LogP contribution in [0, 0.1) is 0 Å². The number of carbonyl (C=O) groups is 1. The number of aliphatic hydroxyl groups is 3. The molecule has 3 unspecified atom stereocenters. The molecule has 0 aliphatic rings. The minimum atomic E-state index is -0.508. The van der Waals surface area contributed by atoms with Gasteiger partial charge in [0.05, 0.1) is 5.56 Å². The Kier molecular flexibility index (Phi) is 7.54. The highest BCUT2D eigenvalue weighted by Crippen LogP contribution is 2.28. The van der Waals surface area contributed by atoms with Crippen molar-refractivity contribution in [2.75, 3.05) is 19.8 Å². The lowest BCUT2D eigenvalue weighted by molar-refractivity contribution is 0.0731. The molecule has 0 radical (unpaired) electrons. The van der Waals surface area contributed by atoms with Crippen molar-refractivity contribution >= 4 is 5.97 Å². The Morgan fingerprint density at radius 2 is 1.37 bits per heavy atom. The molecule has 5 heteroatoms. The molecule has 2 aromatic rings. The average Bonchev–Trinajstić information content (AvgIpc) is 2.71. The van der Waals surface area contributed by atoms with Gasteiger partial charge in [-0.3, -0.25) is 0 Å². The molecule has 5 nitrogen and oxygen atoms in total. The van der Waals surface area contributed by atoms with E-state index < -0.39 is 5.97 Å². The first-order valence-corrected chi connectivity index (χ1v) is 9.19. The van der Waals surface area contributed by atoms with Crippen LogP contribution in [0.5, 0.6) is 5.75 Å². The van der Waals surface area contributed by atoms with E-state index in [0.717, 1.165) is 16.7 Å². The molecular weight excluding hydrogens is 344 g/mol. The standard InChI is InChI=1S/C22H28O5/c1-14(11-23)17-8-18(15(2)12-24)10-19(9-17)22(26)27-21-7-5-4-6-20(21)16(3)13-25/h4-10,14-16,23-25H,11-13H2,1-3H3. The van der Waals surface area contributed by atoms with Gasteiger partial charge in [-0.25, -0.2) is 4.79 Å². The lowest BCUT2D eigenvalue weighted by Gasteiger charge is -2.17. The lowest BCUT2D eigenvalue weighted by Crippen LogP contribution is -2.14. The van der Waals surface area contributed by atoms with Crippen LogP contribution in [-0.4, -0.2) is 41.1 Å². The highest BCUT2D eigenvalue weighted by Gasteiger charge is 2.18. The van der Waals surface area contributed by atoms with Crippen molar-refractivity contribution in [1.82, 2.24) is 0 Å². The number of rotatable bonds is 8. The minimum Gasteiger partial charge on any atom is -0.423 e. The first kappa shape index (κ1) is 21.1. The number of para-hydroxylation sites is 1. The van der Waals surface area contributed by atoms with Crippen molar-refractivity contribution in [2.45, 2.75) is 38.5 Å². The summed E-state index contributed by atoms with van der Waals surface area (Å²) in [6, 6.07) is 12.5. The molecule has 0 spiro atoms. The summed E-state index contributed by atoms with van der Waals surface area (Å²) < 4.78 is 5.62. The van der Waals surface area contributed by atoms with Crippen LogP contribution in [0.25, 0.3) is 0 Å². The topological polar surface area (TPSA) is 87.0 Å². The smallest absolute Gasteiger partial charge is 0.343 e. The van der Waals surface area contributed by atoms with Crippen molar-refractivity contribution in [3.8, 4) is 5.75 Å². The molecule has 0 aliphatic carbocycles. The molecule has 146 valence electrons. The minimum absolute atomic E-state index is 0.0394. The summed E-state index contributed by atoms with van der Waals surface area (Å²) in [6.07, 6.45) is 0. The van der Waals surface area contributed by atoms with E-state index in [1.165, 1.54) is 0 Å². The monoisotopic (exact) mass is 372 g/mol. The maximum absolute atomic E-state index is 12.8. The number of esters is 1. The zero-order chi connectivity index (χ0) is 20.0. The van der Waals surface area contributed by atoms with Gasteiger partial charge in [0.1, 0.15) is 5.75 Å². The Balaban J connectivity index is 2.38. The first-order chi connectivity index (χ1) is 12.9. The molecule has 0 saturated heterocycles. The molecule has 27 heavy (non-hydrogen) atoms. The van der Waals surface area contributed by atoms with E-state index in [0.29, 0.717) is 11.3 Å². The van der Waals surface area contributed by atoms with Crippen molar-refractivity contribution in [1.29, 1.82) is 0 Å². The predicted molar refractivity (Wildman–Crippen MR) is 104 cm³/mol. The predicted octanol–water partition coefficient (Wildman–Crippen LogP) is 3.19. The molecule has 0 bridgehead atoms. The average molecular weight is 372 g/mol. The Bertz CT molecular complexity index is 743. The maximum Gasteiger partial charge on any atom is 0.343 e. The quantitative estimate of drug-likeness (QED) is 0.489. The fourth-order valence-corrected chi connectivity index (χ4v) is 2.81. The molecule has 2 aromatic carbocycles. The van der Waals surface area contributed by atoms with Gasteiger partial charge >= 0.3 is 5.97 Å². The Morgan fingerprint density at radius 1 is 0.852 bits per heavy atom. The van der Waals surface area contributed by atoms with Crippen molar-refractivity contribution in [3.63, 3.8) is 0 Å². The molecule has 0 aliphatic heterocycles. The summed E-state index contributed by atoms with van der Waals surface area (Å²) >= 11 is 0. The summed E-state index contributed by atoms with van der Waals surface area (Å²) in [7, 11) is 0. The summed E-state index contributed by atoms with van der Waals surface area (Å²) in [4.78, 5) is 12.8. The van der Waals surface area contributed by atoms with Crippen LogP contribution >= 0.6 is 0 Å². The van der Waals surface area contributed by atoms with Gasteiger partial charge in [-0.05, 0) is 29.3 Å². The zero-order valence-electron chi connectivity index (χ0n) is 16.1. The number of carbonyl (C=O) groups excluding carboxylic acids is 1. The molecule has 2 rings (SSSR count). The third-order valence-electron chi connectivity index (χ3n) is 4.83. The van der Waals surface area contributed by atoms with E-state index in [1.54, 1.807) is 24.3 Å². The lowest BCUT2D eigenvalue weighted by atomic mass is 9.92. The van der Waals surface area contributed by atoms with Gasteiger partial charge in [0.25, 0.3) is 0 Å². The van der Waals surface area contributed by atoms with Crippen molar-refractivity contribution < 1.29 is 24.9 Å². The van der Waals surface area contributed by atoms with E-state index >= 15 is 0 Å². The molecule has 0 aromatic heterocycles. The Hall–Kier alpha value is -2.21. The summed E-state index contributed by atoms with van der Waals surface area (Å²) in [5.74, 6) is -0.514. The number of aliphatic hydroxyl groups excluding tert-OH is 3. The fourth-order valence-electron chi connectivity index (χ4n) is 2.81.